The zero-order chi connectivity index (χ0) is 15.9. The third-order valence-electron chi connectivity index (χ3n) is 4.04. The molecule has 1 aliphatic rings. The van der Waals surface area contributed by atoms with E-state index in [1.807, 2.05) is 0 Å². The highest BCUT2D eigenvalue weighted by Gasteiger charge is 2.13. The second kappa shape index (κ2) is 10.2. The molecule has 0 radical (unpaired) electrons. The molecule has 1 fully saturated rings. The Morgan fingerprint density at radius 3 is 2.61 bits per heavy atom. The Morgan fingerprint density at radius 2 is 2.00 bits per heavy atom. The molecule has 0 spiro atoms. The number of hydrogen-bond donors (Lipinski definition) is 2. The predicted octanol–water partition coefficient (Wildman–Crippen LogP) is 3.06. The fourth-order valence-electron chi connectivity index (χ4n) is 2.65. The number of nitrogens with one attached hydrogen (secondary N) is 1. The lowest BCUT2D eigenvalue weighted by atomic mass is 10.0. The molecule has 0 amide bonds. The standard InChI is InChI=1S/C16H27N3O2S.ClH/c1-12(2)6-7-13-14(20)17-16(18-15(13)21)22-11-10-19-8-4-3-5-9-19;/h12H,3-11H2,1-2H3,(H2,17,18,20,21);1H. The molecule has 0 aromatic carbocycles. The number of thioether (sulfide) groups is 1. The molecule has 1 aromatic heterocycles. The maximum absolute atomic E-state index is 12.1. The third kappa shape index (κ3) is 6.73. The predicted molar refractivity (Wildman–Crippen MR) is 97.9 cm³/mol. The number of nitrogens with zero attached hydrogens (tertiary/aromatic N) is 2. The van der Waals surface area contributed by atoms with Crippen LogP contribution < -0.4 is 5.56 Å². The van der Waals surface area contributed by atoms with E-state index >= 15 is 0 Å². The van der Waals surface area contributed by atoms with Crippen LogP contribution in [0.3, 0.4) is 0 Å². The summed E-state index contributed by atoms with van der Waals surface area (Å²) in [6.45, 7) is 7.55. The molecular formula is C16H28ClN3O2S. The molecule has 2 heterocycles. The van der Waals surface area contributed by atoms with Crippen molar-refractivity contribution in [3.8, 4) is 5.88 Å². The molecule has 0 unspecified atom stereocenters. The van der Waals surface area contributed by atoms with Crippen LogP contribution in [-0.2, 0) is 6.42 Å². The summed E-state index contributed by atoms with van der Waals surface area (Å²) in [7, 11) is 0. The third-order valence-corrected chi connectivity index (χ3v) is 4.89. The minimum Gasteiger partial charge on any atom is -0.493 e. The molecule has 0 aliphatic carbocycles. The van der Waals surface area contributed by atoms with Crippen molar-refractivity contribution in [2.45, 2.75) is 51.1 Å². The molecule has 0 bridgehead atoms. The van der Waals surface area contributed by atoms with Crippen LogP contribution >= 0.6 is 24.2 Å². The molecule has 5 nitrogen and oxygen atoms in total. The Bertz CT molecular complexity index is 531. The van der Waals surface area contributed by atoms with E-state index in [0.29, 0.717) is 23.1 Å². The van der Waals surface area contributed by atoms with Gasteiger partial charge in [0.25, 0.3) is 5.56 Å². The number of rotatable bonds is 7. The quantitative estimate of drug-likeness (QED) is 0.577. The van der Waals surface area contributed by atoms with Gasteiger partial charge in [-0.3, -0.25) is 4.79 Å². The summed E-state index contributed by atoms with van der Waals surface area (Å²) in [6, 6.07) is 0. The monoisotopic (exact) mass is 361 g/mol. The average Bonchev–Trinajstić information content (AvgIpc) is 2.47. The average molecular weight is 362 g/mol. The van der Waals surface area contributed by atoms with Crippen LogP contribution in [0.25, 0.3) is 0 Å². The molecule has 132 valence electrons. The van der Waals surface area contributed by atoms with E-state index in [2.05, 4.69) is 28.7 Å². The number of aromatic amines is 1. The van der Waals surface area contributed by atoms with Crippen LogP contribution in [0, 0.1) is 5.92 Å². The molecule has 0 saturated carbocycles. The van der Waals surface area contributed by atoms with Crippen molar-refractivity contribution in [3.63, 3.8) is 0 Å². The summed E-state index contributed by atoms with van der Waals surface area (Å²) in [5.74, 6) is 1.27. The number of hydrogen-bond acceptors (Lipinski definition) is 5. The van der Waals surface area contributed by atoms with Gasteiger partial charge in [-0.05, 0) is 44.7 Å². The van der Waals surface area contributed by atoms with Crippen LogP contribution in [0.5, 0.6) is 5.88 Å². The van der Waals surface area contributed by atoms with Crippen LogP contribution in [0.2, 0.25) is 0 Å². The molecule has 2 rings (SSSR count). The van der Waals surface area contributed by atoms with Crippen molar-refractivity contribution in [1.29, 1.82) is 0 Å². The lowest BCUT2D eigenvalue weighted by molar-refractivity contribution is 0.242. The van der Waals surface area contributed by atoms with Crippen molar-refractivity contribution in [2.75, 3.05) is 25.4 Å². The van der Waals surface area contributed by atoms with E-state index in [-0.39, 0.29) is 23.8 Å². The van der Waals surface area contributed by atoms with Crippen molar-refractivity contribution in [3.05, 3.63) is 15.9 Å². The molecule has 1 saturated heterocycles. The maximum Gasteiger partial charge on any atom is 0.258 e. The Kier molecular flexibility index (Phi) is 9.02. The van der Waals surface area contributed by atoms with E-state index in [1.165, 1.54) is 44.1 Å². The minimum absolute atomic E-state index is 0. The van der Waals surface area contributed by atoms with Gasteiger partial charge < -0.3 is 15.0 Å². The number of H-pyrrole nitrogens is 1. The molecule has 23 heavy (non-hydrogen) atoms. The first-order valence-corrected chi connectivity index (χ1v) is 9.22. The second-order valence-electron chi connectivity index (χ2n) is 6.36. The SMILES string of the molecule is CC(C)CCc1c(O)nc(SCCN2CCCCC2)[nH]c1=O.Cl. The van der Waals surface area contributed by atoms with E-state index in [1.54, 1.807) is 0 Å². The highest BCUT2D eigenvalue weighted by atomic mass is 35.5. The van der Waals surface area contributed by atoms with Crippen molar-refractivity contribution >= 4 is 24.2 Å². The lowest BCUT2D eigenvalue weighted by Crippen LogP contribution is -2.31. The van der Waals surface area contributed by atoms with E-state index in [9.17, 15) is 9.90 Å². The Balaban J connectivity index is 0.00000264. The molecule has 2 N–H and O–H groups in total. The van der Waals surface area contributed by atoms with E-state index < -0.39 is 0 Å². The minimum atomic E-state index is -0.200. The van der Waals surface area contributed by atoms with Gasteiger partial charge in [-0.15, -0.1) is 12.4 Å². The van der Waals surface area contributed by atoms with Crippen LogP contribution in [-0.4, -0.2) is 45.4 Å². The normalized spacial score (nSPS) is 15.6. The van der Waals surface area contributed by atoms with E-state index in [4.69, 9.17) is 0 Å². The van der Waals surface area contributed by atoms with Crippen LogP contribution in [0.4, 0.5) is 0 Å². The number of piperidine rings is 1. The maximum atomic E-state index is 12.1. The summed E-state index contributed by atoms with van der Waals surface area (Å²) in [5.41, 5.74) is 0.211. The highest BCUT2D eigenvalue weighted by Crippen LogP contribution is 2.19. The largest absolute Gasteiger partial charge is 0.493 e. The summed E-state index contributed by atoms with van der Waals surface area (Å²) in [5, 5.41) is 10.5. The molecular weight excluding hydrogens is 334 g/mol. The molecule has 0 atom stereocenters. The van der Waals surface area contributed by atoms with Gasteiger partial charge in [-0.2, -0.15) is 4.98 Å². The van der Waals surface area contributed by atoms with Gasteiger partial charge in [0.1, 0.15) is 0 Å². The number of likely N-dealkylation sites (tertiary alicyclic amines) is 1. The fourth-order valence-corrected chi connectivity index (χ4v) is 3.51. The molecule has 1 aromatic rings. The Morgan fingerprint density at radius 1 is 1.30 bits per heavy atom. The summed E-state index contributed by atoms with van der Waals surface area (Å²) >= 11 is 1.51. The Labute approximate surface area is 148 Å². The van der Waals surface area contributed by atoms with Gasteiger partial charge in [0, 0.05) is 12.3 Å². The van der Waals surface area contributed by atoms with Crippen molar-refractivity contribution in [1.82, 2.24) is 14.9 Å². The Hall–Kier alpha value is -0.720. The molecule has 7 heteroatoms. The fraction of sp³-hybridized carbons (Fsp3) is 0.750. The van der Waals surface area contributed by atoms with Crippen molar-refractivity contribution < 1.29 is 5.11 Å². The summed E-state index contributed by atoms with van der Waals surface area (Å²) in [4.78, 5) is 21.4. The zero-order valence-corrected chi connectivity index (χ0v) is 15.6. The van der Waals surface area contributed by atoms with Crippen LogP contribution in [0.15, 0.2) is 9.95 Å². The van der Waals surface area contributed by atoms with Crippen LogP contribution in [0.1, 0.15) is 45.1 Å². The summed E-state index contributed by atoms with van der Waals surface area (Å²) in [6.07, 6.45) is 5.35. The summed E-state index contributed by atoms with van der Waals surface area (Å²) < 4.78 is 0. The first-order chi connectivity index (χ1) is 10.6. The van der Waals surface area contributed by atoms with Gasteiger partial charge in [0.05, 0.1) is 5.56 Å². The zero-order valence-electron chi connectivity index (χ0n) is 14.0. The van der Waals surface area contributed by atoms with Gasteiger partial charge in [-0.25, -0.2) is 0 Å². The number of aromatic hydroxyl groups is 1. The van der Waals surface area contributed by atoms with Gasteiger partial charge in [0.15, 0.2) is 5.16 Å². The van der Waals surface area contributed by atoms with E-state index in [0.717, 1.165) is 18.7 Å². The number of aromatic nitrogens is 2. The highest BCUT2D eigenvalue weighted by molar-refractivity contribution is 7.99. The van der Waals surface area contributed by atoms with Gasteiger partial charge in [-0.1, -0.05) is 32.0 Å². The van der Waals surface area contributed by atoms with Crippen molar-refractivity contribution in [2.24, 2.45) is 5.92 Å². The lowest BCUT2D eigenvalue weighted by Gasteiger charge is -2.25. The first kappa shape index (κ1) is 20.3. The molecule has 1 aliphatic heterocycles. The smallest absolute Gasteiger partial charge is 0.258 e. The second-order valence-corrected chi connectivity index (χ2v) is 7.44. The first-order valence-electron chi connectivity index (χ1n) is 8.23. The van der Waals surface area contributed by atoms with Gasteiger partial charge in [0.2, 0.25) is 5.88 Å². The topological polar surface area (TPSA) is 69.2 Å². The number of halogens is 1. The van der Waals surface area contributed by atoms with Gasteiger partial charge >= 0.3 is 0 Å².